The molecule has 0 aliphatic rings. The fraction of sp³-hybridized carbons (Fsp3) is 0.167. The van der Waals surface area contributed by atoms with Gasteiger partial charge in [-0.15, -0.1) is 0 Å². The van der Waals surface area contributed by atoms with Crippen LogP contribution in [0, 0.1) is 5.82 Å². The summed E-state index contributed by atoms with van der Waals surface area (Å²) in [5, 5.41) is 0. The number of halogens is 2. The van der Waals surface area contributed by atoms with Crippen LogP contribution in [0.4, 0.5) is 4.39 Å². The van der Waals surface area contributed by atoms with Gasteiger partial charge in [-0.25, -0.2) is 4.39 Å². The molecule has 16 heavy (non-hydrogen) atoms. The van der Waals surface area contributed by atoms with Crippen LogP contribution in [0.2, 0.25) is 0 Å². The zero-order valence-corrected chi connectivity index (χ0v) is 10.1. The van der Waals surface area contributed by atoms with Crippen LogP contribution in [0.3, 0.4) is 0 Å². The minimum absolute atomic E-state index is 0.247. The Labute approximate surface area is 101 Å². The van der Waals surface area contributed by atoms with Crippen LogP contribution in [-0.4, -0.2) is 0 Å². The van der Waals surface area contributed by atoms with Crippen molar-refractivity contribution >= 4 is 15.9 Å². The van der Waals surface area contributed by atoms with Gasteiger partial charge in [0.2, 0.25) is 0 Å². The highest BCUT2D eigenvalue weighted by atomic mass is 79.9. The van der Waals surface area contributed by atoms with Gasteiger partial charge in [-0.1, -0.05) is 12.1 Å². The maximum Gasteiger partial charge on any atom is 0.134 e. The molecule has 0 bridgehead atoms. The van der Waals surface area contributed by atoms with Crippen LogP contribution in [0.15, 0.2) is 45.5 Å². The van der Waals surface area contributed by atoms with Gasteiger partial charge >= 0.3 is 0 Å². The van der Waals surface area contributed by atoms with Crippen molar-refractivity contribution in [1.82, 2.24) is 0 Å². The SMILES string of the molecule is NC(Cc1cccc(F)c1)c1occc1Br. The van der Waals surface area contributed by atoms with Crippen molar-refractivity contribution in [3.05, 3.63) is 58.2 Å². The predicted octanol–water partition coefficient (Wildman–Crippen LogP) is 3.42. The van der Waals surface area contributed by atoms with Gasteiger partial charge in [0, 0.05) is 0 Å². The summed E-state index contributed by atoms with van der Waals surface area (Å²) < 4.78 is 19.1. The maximum atomic E-state index is 13.0. The van der Waals surface area contributed by atoms with Gasteiger partial charge in [0.15, 0.2) is 0 Å². The molecule has 0 saturated heterocycles. The first-order valence-electron chi connectivity index (χ1n) is 4.89. The lowest BCUT2D eigenvalue weighted by Gasteiger charge is -2.09. The van der Waals surface area contributed by atoms with E-state index in [0.717, 1.165) is 10.0 Å². The molecule has 1 aromatic carbocycles. The summed E-state index contributed by atoms with van der Waals surface area (Å²) in [6, 6.07) is 7.94. The summed E-state index contributed by atoms with van der Waals surface area (Å²) in [6.07, 6.45) is 2.12. The first-order valence-corrected chi connectivity index (χ1v) is 5.69. The second-order valence-corrected chi connectivity index (χ2v) is 4.43. The Kier molecular flexibility index (Phi) is 3.41. The molecule has 1 aromatic heterocycles. The van der Waals surface area contributed by atoms with Crippen LogP contribution in [0.1, 0.15) is 17.4 Å². The Morgan fingerprint density at radius 2 is 2.19 bits per heavy atom. The third-order valence-corrected chi connectivity index (χ3v) is 2.98. The van der Waals surface area contributed by atoms with E-state index >= 15 is 0 Å². The molecule has 0 aliphatic carbocycles. The lowest BCUT2D eigenvalue weighted by atomic mass is 10.0. The van der Waals surface area contributed by atoms with E-state index in [2.05, 4.69) is 15.9 Å². The fourth-order valence-electron chi connectivity index (χ4n) is 1.58. The Morgan fingerprint density at radius 3 is 2.81 bits per heavy atom. The van der Waals surface area contributed by atoms with Crippen molar-refractivity contribution in [3.8, 4) is 0 Å². The third-order valence-electron chi connectivity index (χ3n) is 2.33. The van der Waals surface area contributed by atoms with Gasteiger partial charge in [-0.3, -0.25) is 0 Å². The topological polar surface area (TPSA) is 39.2 Å². The Hall–Kier alpha value is -1.13. The zero-order valence-electron chi connectivity index (χ0n) is 8.49. The maximum absolute atomic E-state index is 13.0. The van der Waals surface area contributed by atoms with Gasteiger partial charge in [0.05, 0.1) is 16.8 Å². The molecule has 0 saturated carbocycles. The summed E-state index contributed by atoms with van der Waals surface area (Å²) in [6.45, 7) is 0. The van der Waals surface area contributed by atoms with E-state index in [-0.39, 0.29) is 11.9 Å². The van der Waals surface area contributed by atoms with E-state index in [4.69, 9.17) is 10.2 Å². The highest BCUT2D eigenvalue weighted by Gasteiger charge is 2.14. The lowest BCUT2D eigenvalue weighted by molar-refractivity contribution is 0.461. The first kappa shape index (κ1) is 11.4. The molecule has 2 N–H and O–H groups in total. The van der Waals surface area contributed by atoms with E-state index in [1.54, 1.807) is 18.4 Å². The van der Waals surface area contributed by atoms with Crippen LogP contribution < -0.4 is 5.73 Å². The van der Waals surface area contributed by atoms with E-state index in [9.17, 15) is 4.39 Å². The van der Waals surface area contributed by atoms with E-state index < -0.39 is 0 Å². The quantitative estimate of drug-likeness (QED) is 0.938. The monoisotopic (exact) mass is 283 g/mol. The number of furan rings is 1. The normalized spacial score (nSPS) is 12.7. The van der Waals surface area contributed by atoms with Gasteiger partial charge in [-0.2, -0.15) is 0 Å². The van der Waals surface area contributed by atoms with Crippen molar-refractivity contribution in [3.63, 3.8) is 0 Å². The largest absolute Gasteiger partial charge is 0.466 e. The molecule has 0 fully saturated rings. The summed E-state index contributed by atoms with van der Waals surface area (Å²) in [7, 11) is 0. The van der Waals surface area contributed by atoms with Gasteiger partial charge < -0.3 is 10.2 Å². The molecule has 1 unspecified atom stereocenters. The molecule has 2 aromatic rings. The standard InChI is InChI=1S/C12H11BrFNO/c13-10-4-5-16-12(10)11(15)7-8-2-1-3-9(14)6-8/h1-6,11H,7,15H2. The first-order chi connectivity index (χ1) is 7.66. The molecule has 0 radical (unpaired) electrons. The summed E-state index contributed by atoms with van der Waals surface area (Å²) >= 11 is 3.35. The second kappa shape index (κ2) is 4.80. The summed E-state index contributed by atoms with van der Waals surface area (Å²) in [4.78, 5) is 0. The highest BCUT2D eigenvalue weighted by molar-refractivity contribution is 9.10. The van der Waals surface area contributed by atoms with Crippen molar-refractivity contribution in [2.45, 2.75) is 12.5 Å². The van der Waals surface area contributed by atoms with Gasteiger partial charge in [0.25, 0.3) is 0 Å². The van der Waals surface area contributed by atoms with E-state index in [0.29, 0.717) is 12.2 Å². The number of nitrogens with two attached hydrogens (primary N) is 1. The molecule has 1 heterocycles. The Bertz CT molecular complexity index is 483. The van der Waals surface area contributed by atoms with Crippen LogP contribution in [-0.2, 0) is 6.42 Å². The second-order valence-electron chi connectivity index (χ2n) is 3.57. The molecular weight excluding hydrogens is 273 g/mol. The number of hydrogen-bond donors (Lipinski definition) is 1. The van der Waals surface area contributed by atoms with Crippen molar-refractivity contribution < 1.29 is 8.81 Å². The molecule has 2 nitrogen and oxygen atoms in total. The van der Waals surface area contributed by atoms with Crippen LogP contribution >= 0.6 is 15.9 Å². The van der Waals surface area contributed by atoms with E-state index in [1.165, 1.54) is 12.1 Å². The fourth-order valence-corrected chi connectivity index (χ4v) is 2.08. The molecule has 84 valence electrons. The number of rotatable bonds is 3. The lowest BCUT2D eigenvalue weighted by Crippen LogP contribution is -2.13. The van der Waals surface area contributed by atoms with Gasteiger partial charge in [-0.05, 0) is 46.1 Å². The molecule has 2 rings (SSSR count). The number of hydrogen-bond acceptors (Lipinski definition) is 2. The summed E-state index contributed by atoms with van der Waals surface area (Å²) in [5.74, 6) is 0.437. The predicted molar refractivity (Wildman–Crippen MR) is 63.4 cm³/mol. The van der Waals surface area contributed by atoms with Crippen molar-refractivity contribution in [1.29, 1.82) is 0 Å². The summed E-state index contributed by atoms with van der Waals surface area (Å²) in [5.41, 5.74) is 6.83. The van der Waals surface area contributed by atoms with Crippen molar-refractivity contribution in [2.24, 2.45) is 5.73 Å². The van der Waals surface area contributed by atoms with Crippen molar-refractivity contribution in [2.75, 3.05) is 0 Å². The molecule has 1 atom stereocenters. The highest BCUT2D eigenvalue weighted by Crippen LogP contribution is 2.25. The Balaban J connectivity index is 2.14. The average molecular weight is 284 g/mol. The molecule has 0 spiro atoms. The molecule has 4 heteroatoms. The number of benzene rings is 1. The third kappa shape index (κ3) is 2.51. The Morgan fingerprint density at radius 1 is 1.38 bits per heavy atom. The van der Waals surface area contributed by atoms with Crippen LogP contribution in [0.25, 0.3) is 0 Å². The van der Waals surface area contributed by atoms with E-state index in [1.807, 2.05) is 6.07 Å². The van der Waals surface area contributed by atoms with Crippen LogP contribution in [0.5, 0.6) is 0 Å². The van der Waals surface area contributed by atoms with Gasteiger partial charge in [0.1, 0.15) is 11.6 Å². The molecule has 0 amide bonds. The smallest absolute Gasteiger partial charge is 0.134 e. The zero-order chi connectivity index (χ0) is 11.5. The minimum Gasteiger partial charge on any atom is -0.466 e. The molecule has 0 aliphatic heterocycles. The minimum atomic E-state index is -0.272. The molecular formula is C12H11BrFNO. The average Bonchev–Trinajstić information content (AvgIpc) is 2.64.